The van der Waals surface area contributed by atoms with Crippen LogP contribution in [0.4, 0.5) is 0 Å². The van der Waals surface area contributed by atoms with E-state index in [0.717, 1.165) is 19.3 Å². The van der Waals surface area contributed by atoms with Crippen LogP contribution in [-0.4, -0.2) is 32.9 Å². The monoisotopic (exact) mass is 576 g/mol. The number of ketones is 1. The van der Waals surface area contributed by atoms with Crippen LogP contribution < -0.4 is 0 Å². The molecule has 224 valence electrons. The Hall–Kier alpha value is -2.31. The van der Waals surface area contributed by atoms with Gasteiger partial charge in [0.05, 0.1) is 32.0 Å². The predicted octanol–water partition coefficient (Wildman–Crippen LogP) is 9.08. The van der Waals surface area contributed by atoms with Crippen molar-refractivity contribution in [1.82, 2.24) is 0 Å². The van der Waals surface area contributed by atoms with Gasteiger partial charge in [0, 0.05) is 18.8 Å². The fraction of sp³-hybridized carbons (Fsp3) is 0.528. The Morgan fingerprint density at radius 2 is 1.56 bits per heavy atom. The van der Waals surface area contributed by atoms with Crippen molar-refractivity contribution < 1.29 is 18.7 Å². The molecule has 1 aliphatic rings. The number of benzene rings is 2. The highest BCUT2D eigenvalue weighted by molar-refractivity contribution is 6.74. The Balaban J connectivity index is 1.55. The zero-order valence-electron chi connectivity index (χ0n) is 26.2. The Kier molecular flexibility index (Phi) is 13.2. The summed E-state index contributed by atoms with van der Waals surface area (Å²) in [4.78, 5) is 12.7. The quantitative estimate of drug-likeness (QED) is 0.114. The van der Waals surface area contributed by atoms with Crippen LogP contribution in [0.2, 0.25) is 18.1 Å². The van der Waals surface area contributed by atoms with Gasteiger partial charge in [-0.1, -0.05) is 106 Å². The van der Waals surface area contributed by atoms with E-state index in [1.165, 1.54) is 11.1 Å². The van der Waals surface area contributed by atoms with Crippen molar-refractivity contribution in [2.75, 3.05) is 6.61 Å². The van der Waals surface area contributed by atoms with Crippen molar-refractivity contribution in [3.8, 4) is 0 Å². The normalized spacial score (nSPS) is 19.8. The molecule has 0 aliphatic heterocycles. The number of allylic oxidation sites excluding steroid dienone is 2. The number of Topliss-reactive ketones (excluding diaryl/α,β-unsaturated/α-hetero) is 1. The number of carbonyl (C=O) groups excluding carboxylic acids is 1. The topological polar surface area (TPSA) is 44.8 Å². The van der Waals surface area contributed by atoms with Gasteiger partial charge < -0.3 is 13.9 Å². The highest BCUT2D eigenvalue weighted by atomic mass is 28.4. The molecule has 2 aromatic carbocycles. The van der Waals surface area contributed by atoms with Gasteiger partial charge in [-0.2, -0.15) is 0 Å². The van der Waals surface area contributed by atoms with E-state index in [4.69, 9.17) is 13.9 Å². The third-order valence-electron chi connectivity index (χ3n) is 8.53. The molecule has 4 nitrogen and oxygen atoms in total. The van der Waals surface area contributed by atoms with E-state index in [9.17, 15) is 4.79 Å². The van der Waals surface area contributed by atoms with Crippen molar-refractivity contribution in [3.05, 3.63) is 96.1 Å². The fourth-order valence-electron chi connectivity index (χ4n) is 4.97. The molecule has 0 heterocycles. The molecule has 1 aliphatic carbocycles. The molecule has 5 heteroatoms. The number of unbranched alkanes of at least 4 members (excludes halogenated alkanes) is 1. The lowest BCUT2D eigenvalue weighted by molar-refractivity contribution is -0.117. The van der Waals surface area contributed by atoms with E-state index in [-0.39, 0.29) is 29.1 Å². The highest BCUT2D eigenvalue weighted by Gasteiger charge is 2.43. The first-order chi connectivity index (χ1) is 19.5. The Morgan fingerprint density at radius 1 is 0.927 bits per heavy atom. The summed E-state index contributed by atoms with van der Waals surface area (Å²) in [5, 5.41) is 0.0934. The number of carbonyl (C=O) groups is 1. The van der Waals surface area contributed by atoms with Crippen molar-refractivity contribution >= 4 is 14.1 Å². The van der Waals surface area contributed by atoms with Crippen LogP contribution in [0.1, 0.15) is 70.9 Å². The third kappa shape index (κ3) is 11.5. The third-order valence-corrected chi connectivity index (χ3v) is 13.0. The van der Waals surface area contributed by atoms with Gasteiger partial charge >= 0.3 is 0 Å². The van der Waals surface area contributed by atoms with Crippen LogP contribution in [0.3, 0.4) is 0 Å². The number of rotatable bonds is 16. The lowest BCUT2D eigenvalue weighted by Crippen LogP contribution is -2.45. The first kappa shape index (κ1) is 33.2. The van der Waals surface area contributed by atoms with Crippen LogP contribution in [0.25, 0.3) is 0 Å². The van der Waals surface area contributed by atoms with E-state index in [1.54, 1.807) is 0 Å². The molecule has 2 aromatic rings. The molecular weight excluding hydrogens is 524 g/mol. The molecular formula is C36H52O4Si. The second-order valence-corrected chi connectivity index (χ2v) is 17.8. The summed E-state index contributed by atoms with van der Waals surface area (Å²) in [6.07, 6.45) is 13.2. The maximum absolute atomic E-state index is 12.7. The molecule has 0 radical (unpaired) electrons. The zero-order valence-corrected chi connectivity index (χ0v) is 27.2. The largest absolute Gasteiger partial charge is 0.410 e. The van der Waals surface area contributed by atoms with Gasteiger partial charge in [-0.15, -0.1) is 0 Å². The van der Waals surface area contributed by atoms with Gasteiger partial charge in [0.25, 0.3) is 0 Å². The number of ether oxygens (including phenoxy) is 2. The number of hydrogen-bond acceptors (Lipinski definition) is 4. The second-order valence-electron chi connectivity index (χ2n) is 13.0. The Bertz CT molecular complexity index is 1090. The van der Waals surface area contributed by atoms with E-state index >= 15 is 0 Å². The van der Waals surface area contributed by atoms with E-state index in [0.29, 0.717) is 38.4 Å². The zero-order chi connectivity index (χ0) is 29.7. The molecule has 41 heavy (non-hydrogen) atoms. The molecule has 0 spiro atoms. The first-order valence-electron chi connectivity index (χ1n) is 15.3. The van der Waals surface area contributed by atoms with Crippen LogP contribution in [0, 0.1) is 11.8 Å². The molecule has 0 N–H and O–H groups in total. The Labute approximate surface area is 250 Å². The lowest BCUT2D eigenvalue weighted by atomic mass is 9.89. The van der Waals surface area contributed by atoms with Gasteiger partial charge in [-0.05, 0) is 61.4 Å². The summed E-state index contributed by atoms with van der Waals surface area (Å²) in [5.41, 5.74) is 2.38. The summed E-state index contributed by atoms with van der Waals surface area (Å²) < 4.78 is 18.9. The van der Waals surface area contributed by atoms with E-state index in [2.05, 4.69) is 89.4 Å². The number of hydrogen-bond donors (Lipinski definition) is 0. The molecule has 0 saturated heterocycles. The molecule has 0 unspecified atom stereocenters. The molecule has 3 rings (SSSR count). The summed E-state index contributed by atoms with van der Waals surface area (Å²) in [6, 6.07) is 20.6. The van der Waals surface area contributed by atoms with Gasteiger partial charge in [-0.3, -0.25) is 4.79 Å². The van der Waals surface area contributed by atoms with Crippen LogP contribution >= 0.6 is 0 Å². The van der Waals surface area contributed by atoms with Crippen LogP contribution in [-0.2, 0) is 31.9 Å². The minimum Gasteiger partial charge on any atom is -0.410 e. The van der Waals surface area contributed by atoms with Gasteiger partial charge in [0.15, 0.2) is 8.32 Å². The van der Waals surface area contributed by atoms with Crippen molar-refractivity contribution in [2.24, 2.45) is 11.8 Å². The van der Waals surface area contributed by atoms with Gasteiger partial charge in [0.2, 0.25) is 0 Å². The minimum absolute atomic E-state index is 0.0934. The maximum Gasteiger partial charge on any atom is 0.192 e. The van der Waals surface area contributed by atoms with Crippen molar-refractivity contribution in [2.45, 2.75) is 103 Å². The molecule has 1 saturated carbocycles. The van der Waals surface area contributed by atoms with E-state index < -0.39 is 8.32 Å². The predicted molar refractivity (Wildman–Crippen MR) is 172 cm³/mol. The van der Waals surface area contributed by atoms with Crippen molar-refractivity contribution in [3.63, 3.8) is 0 Å². The summed E-state index contributed by atoms with van der Waals surface area (Å²) >= 11 is 0. The summed E-state index contributed by atoms with van der Waals surface area (Å²) in [5.74, 6) is 0.704. The van der Waals surface area contributed by atoms with Crippen LogP contribution in [0.15, 0.2) is 85.0 Å². The molecule has 1 fully saturated rings. The lowest BCUT2D eigenvalue weighted by Gasteiger charge is -2.40. The fourth-order valence-corrected chi connectivity index (χ4v) is 6.26. The smallest absolute Gasteiger partial charge is 0.192 e. The standard InChI is InChI=1S/C36H52O4Si/c1-29(39-28-31-20-13-9-14-21-31)17-10-7-15-22-32-25-33(37)26-34(32)35(40-41(5,6)36(2,3)4)23-16-24-38-27-30-18-11-8-12-19-30/h8-9,11-16,18-23,29,32,34-35H,7,10,17,24-28H2,1-6H3/b22-15+,23-16+/t29-,32+,34+,35+/m0/s1. The summed E-state index contributed by atoms with van der Waals surface area (Å²) in [6.45, 7) is 15.3. The Morgan fingerprint density at radius 3 is 2.20 bits per heavy atom. The van der Waals surface area contributed by atoms with E-state index in [1.807, 2.05) is 36.4 Å². The first-order valence-corrected chi connectivity index (χ1v) is 18.3. The summed E-state index contributed by atoms with van der Waals surface area (Å²) in [7, 11) is -2.04. The molecule has 4 atom stereocenters. The van der Waals surface area contributed by atoms with Gasteiger partial charge in [0.1, 0.15) is 5.78 Å². The van der Waals surface area contributed by atoms with Gasteiger partial charge in [-0.25, -0.2) is 0 Å². The molecule has 0 bridgehead atoms. The van der Waals surface area contributed by atoms with Crippen LogP contribution in [0.5, 0.6) is 0 Å². The minimum atomic E-state index is -2.04. The maximum atomic E-state index is 12.7. The van der Waals surface area contributed by atoms with Crippen molar-refractivity contribution in [1.29, 1.82) is 0 Å². The molecule has 0 amide bonds. The highest BCUT2D eigenvalue weighted by Crippen LogP contribution is 2.42. The second kappa shape index (κ2) is 16.4. The molecule has 0 aromatic heterocycles. The average molecular weight is 577 g/mol. The SMILES string of the molecule is C[C@@H](CCC/C=C/[C@@H]1CC(=O)C[C@H]1[C@@H](/C=C/COCc1ccccc1)O[Si](C)(C)C(C)(C)C)OCc1ccccc1. The average Bonchev–Trinajstić information content (AvgIpc) is 3.31.